The van der Waals surface area contributed by atoms with Crippen molar-refractivity contribution < 1.29 is 14.2 Å². The van der Waals surface area contributed by atoms with E-state index in [2.05, 4.69) is 61.7 Å². The lowest BCUT2D eigenvalue weighted by Crippen LogP contribution is -2.40. The Morgan fingerprint density at radius 1 is 0.724 bits per heavy atom. The Labute approximate surface area is 174 Å². The Bertz CT molecular complexity index is 805. The van der Waals surface area contributed by atoms with E-state index in [1.807, 2.05) is 13.8 Å². The first-order valence-electron chi connectivity index (χ1n) is 10.5. The summed E-state index contributed by atoms with van der Waals surface area (Å²) in [5, 5.41) is 0. The lowest BCUT2D eigenvalue weighted by Gasteiger charge is -2.39. The Morgan fingerprint density at radius 2 is 1.10 bits per heavy atom. The van der Waals surface area contributed by atoms with Crippen LogP contribution in [0.25, 0.3) is 11.1 Å². The molecule has 2 saturated heterocycles. The molecular formula is C26H30O3. The zero-order chi connectivity index (χ0) is 20.5. The van der Waals surface area contributed by atoms with E-state index in [0.29, 0.717) is 13.2 Å². The number of allylic oxidation sites excluding steroid dienone is 2. The molecule has 152 valence electrons. The minimum atomic E-state index is -0.787. The third-order valence-electron chi connectivity index (χ3n) is 5.94. The lowest BCUT2D eigenvalue weighted by molar-refractivity contribution is -0.350. The summed E-state index contributed by atoms with van der Waals surface area (Å²) < 4.78 is 19.3. The van der Waals surface area contributed by atoms with Crippen LogP contribution in [0, 0.1) is 0 Å². The molecular weight excluding hydrogens is 360 g/mol. The molecule has 0 N–H and O–H groups in total. The Kier molecular flexibility index (Phi) is 5.48. The summed E-state index contributed by atoms with van der Waals surface area (Å²) in [6, 6.07) is 16.8. The van der Waals surface area contributed by atoms with Gasteiger partial charge in [-0.3, -0.25) is 0 Å². The van der Waals surface area contributed by atoms with Crippen LogP contribution in [0.15, 0.2) is 61.7 Å². The summed E-state index contributed by atoms with van der Waals surface area (Å²) in [7, 11) is 0. The average Bonchev–Trinajstić information content (AvgIpc) is 3.39. The summed E-state index contributed by atoms with van der Waals surface area (Å²) in [6.45, 7) is 13.5. The zero-order valence-electron chi connectivity index (χ0n) is 17.5. The highest BCUT2D eigenvalue weighted by Crippen LogP contribution is 2.48. The van der Waals surface area contributed by atoms with Gasteiger partial charge in [-0.1, -0.05) is 72.8 Å². The average molecular weight is 391 g/mol. The molecule has 0 bridgehead atoms. The summed E-state index contributed by atoms with van der Waals surface area (Å²) in [6.07, 6.45) is 3.56. The monoisotopic (exact) mass is 390 g/mol. The van der Waals surface area contributed by atoms with Crippen molar-refractivity contribution in [3.05, 3.63) is 83.9 Å². The van der Waals surface area contributed by atoms with Crippen molar-refractivity contribution in [2.24, 2.45) is 0 Å². The third kappa shape index (κ3) is 3.83. The summed E-state index contributed by atoms with van der Waals surface area (Å²) >= 11 is 0. The second kappa shape index (κ2) is 7.91. The number of ether oxygens (including phenoxy) is 3. The molecule has 3 nitrogen and oxygen atoms in total. The maximum atomic E-state index is 6.83. The molecule has 0 aromatic heterocycles. The highest BCUT2D eigenvalue weighted by atomic mass is 16.8. The molecule has 0 radical (unpaired) electrons. The number of rotatable bonds is 6. The fourth-order valence-corrected chi connectivity index (χ4v) is 4.25. The zero-order valence-corrected chi connectivity index (χ0v) is 17.5. The van der Waals surface area contributed by atoms with Crippen LogP contribution in [0.5, 0.6) is 0 Å². The molecule has 29 heavy (non-hydrogen) atoms. The van der Waals surface area contributed by atoms with E-state index >= 15 is 0 Å². The molecule has 0 saturated carbocycles. The first-order valence-corrected chi connectivity index (χ1v) is 10.5. The molecule has 0 amide bonds. The number of benzene rings is 2. The van der Waals surface area contributed by atoms with Gasteiger partial charge in [-0.2, -0.15) is 0 Å². The highest BCUT2D eigenvalue weighted by Gasteiger charge is 2.49. The van der Waals surface area contributed by atoms with E-state index in [1.54, 1.807) is 0 Å². The van der Waals surface area contributed by atoms with E-state index in [4.69, 9.17) is 14.2 Å². The largest absolute Gasteiger partial charge is 0.346 e. The second-order valence-corrected chi connectivity index (χ2v) is 8.23. The maximum Gasteiger partial charge on any atom is 0.198 e. The minimum absolute atomic E-state index is 0.687. The van der Waals surface area contributed by atoms with E-state index < -0.39 is 11.6 Å². The number of hydrogen-bond acceptors (Lipinski definition) is 3. The first kappa shape index (κ1) is 20.1. The first-order chi connectivity index (χ1) is 13.9. The van der Waals surface area contributed by atoms with E-state index in [1.165, 1.54) is 0 Å². The lowest BCUT2D eigenvalue weighted by atomic mass is 9.96. The van der Waals surface area contributed by atoms with Crippen LogP contribution in [0.3, 0.4) is 0 Å². The van der Waals surface area contributed by atoms with Gasteiger partial charge in [0.15, 0.2) is 11.6 Å². The molecule has 4 rings (SSSR count). The van der Waals surface area contributed by atoms with Crippen LogP contribution in [0.2, 0.25) is 0 Å². The Hall–Kier alpha value is -2.20. The maximum absolute atomic E-state index is 6.83. The molecule has 2 aliphatic rings. The van der Waals surface area contributed by atoms with Crippen molar-refractivity contribution in [3.63, 3.8) is 0 Å². The van der Waals surface area contributed by atoms with Crippen LogP contribution in [0.1, 0.15) is 61.8 Å². The molecule has 2 atom stereocenters. The van der Waals surface area contributed by atoms with Crippen LogP contribution in [-0.2, 0) is 25.8 Å². The Morgan fingerprint density at radius 3 is 1.38 bits per heavy atom. The summed E-state index contributed by atoms with van der Waals surface area (Å²) in [4.78, 5) is 0. The van der Waals surface area contributed by atoms with E-state index in [0.717, 1.165) is 59.1 Å². The van der Waals surface area contributed by atoms with Crippen LogP contribution in [0.4, 0.5) is 0 Å². The fraction of sp³-hybridized carbons (Fsp3) is 0.385. The fourth-order valence-electron chi connectivity index (χ4n) is 4.25. The summed E-state index contributed by atoms with van der Waals surface area (Å²) in [5.41, 5.74) is 6.43. The van der Waals surface area contributed by atoms with E-state index in [9.17, 15) is 0 Å². The van der Waals surface area contributed by atoms with Gasteiger partial charge < -0.3 is 14.2 Å². The molecule has 2 aromatic carbocycles. The van der Waals surface area contributed by atoms with Crippen LogP contribution >= 0.6 is 0 Å². The molecule has 2 heterocycles. The van der Waals surface area contributed by atoms with Crippen molar-refractivity contribution >= 4 is 11.1 Å². The van der Waals surface area contributed by atoms with Gasteiger partial charge in [0.25, 0.3) is 0 Å². The predicted octanol–water partition coefficient (Wildman–Crippen LogP) is 6.40. The Balaban J connectivity index is 1.69. The van der Waals surface area contributed by atoms with Crippen molar-refractivity contribution in [1.82, 2.24) is 0 Å². The topological polar surface area (TPSA) is 27.7 Å². The van der Waals surface area contributed by atoms with Crippen molar-refractivity contribution in [2.45, 2.75) is 51.1 Å². The van der Waals surface area contributed by atoms with Gasteiger partial charge in [0.1, 0.15) is 0 Å². The van der Waals surface area contributed by atoms with Gasteiger partial charge >= 0.3 is 0 Å². The van der Waals surface area contributed by atoms with Gasteiger partial charge in [-0.25, -0.2) is 0 Å². The van der Waals surface area contributed by atoms with Crippen molar-refractivity contribution in [1.29, 1.82) is 0 Å². The molecule has 3 heteroatoms. The van der Waals surface area contributed by atoms with Crippen molar-refractivity contribution in [3.8, 4) is 0 Å². The summed E-state index contributed by atoms with van der Waals surface area (Å²) in [5.74, 6) is -1.57. The van der Waals surface area contributed by atoms with Crippen molar-refractivity contribution in [2.75, 3.05) is 13.2 Å². The van der Waals surface area contributed by atoms with Crippen LogP contribution in [-0.4, -0.2) is 13.2 Å². The molecule has 2 fully saturated rings. The highest BCUT2D eigenvalue weighted by molar-refractivity contribution is 5.62. The minimum Gasteiger partial charge on any atom is -0.346 e. The second-order valence-electron chi connectivity index (χ2n) is 8.23. The molecule has 0 aliphatic carbocycles. The van der Waals surface area contributed by atoms with Gasteiger partial charge in [0.2, 0.25) is 0 Å². The quantitative estimate of drug-likeness (QED) is 0.571. The molecule has 2 unspecified atom stereocenters. The predicted molar refractivity (Wildman–Crippen MR) is 117 cm³/mol. The smallest absolute Gasteiger partial charge is 0.198 e. The number of hydrogen-bond donors (Lipinski definition) is 0. The molecule has 2 aliphatic heterocycles. The van der Waals surface area contributed by atoms with Crippen LogP contribution < -0.4 is 0 Å². The molecule has 2 aromatic rings. The molecule has 0 spiro atoms. The van der Waals surface area contributed by atoms with E-state index in [-0.39, 0.29) is 0 Å². The third-order valence-corrected chi connectivity index (χ3v) is 5.94. The SMILES string of the molecule is C=C(C)c1ccc(C2(OC3(c4ccc(C(=C)C)cc4)CCCO3)CCCO2)cc1. The van der Waals surface area contributed by atoms with Gasteiger partial charge in [-0.05, 0) is 37.8 Å². The van der Waals surface area contributed by atoms with Gasteiger partial charge in [0, 0.05) is 24.0 Å². The van der Waals surface area contributed by atoms with Gasteiger partial charge in [0.05, 0.1) is 13.2 Å². The standard InChI is InChI=1S/C26H30O3/c1-19(2)21-7-11-23(12-8-21)25(15-5-17-27-25)29-26(16-6-18-28-26)24-13-9-22(10-14-24)20(3)4/h7-14H,1,3,5-6,15-18H2,2,4H3. The normalized spacial score (nSPS) is 26.6. The van der Waals surface area contributed by atoms with Gasteiger partial charge in [-0.15, -0.1) is 0 Å².